The Labute approximate surface area is 155 Å². The molecule has 0 aliphatic rings. The van der Waals surface area contributed by atoms with Crippen LogP contribution in [-0.2, 0) is 0 Å². The van der Waals surface area contributed by atoms with E-state index in [1.54, 1.807) is 11.8 Å². The topological polar surface area (TPSA) is 105 Å². The van der Waals surface area contributed by atoms with E-state index in [0.29, 0.717) is 17.3 Å². The Bertz CT molecular complexity index is 1100. The lowest BCUT2D eigenvalue weighted by Crippen LogP contribution is -2.04. The molecule has 4 aromatic rings. The molecule has 2 N–H and O–H groups in total. The summed E-state index contributed by atoms with van der Waals surface area (Å²) in [5, 5.41) is 12.3. The molecule has 8 nitrogen and oxygen atoms in total. The van der Waals surface area contributed by atoms with Crippen LogP contribution in [0.5, 0.6) is 5.75 Å². The lowest BCUT2D eigenvalue weighted by molar-refractivity contribution is 0.414. The number of rotatable bonds is 4. The Morgan fingerprint density at radius 2 is 1.85 bits per heavy atom. The molecule has 2 heterocycles. The van der Waals surface area contributed by atoms with Crippen molar-refractivity contribution in [3.63, 3.8) is 0 Å². The van der Waals surface area contributed by atoms with Crippen molar-refractivity contribution in [2.45, 2.75) is 13.8 Å². The summed E-state index contributed by atoms with van der Waals surface area (Å²) in [6.45, 7) is 4.00. The highest BCUT2D eigenvalue weighted by Crippen LogP contribution is 2.28. The minimum atomic E-state index is 0.217. The summed E-state index contributed by atoms with van der Waals surface area (Å²) in [7, 11) is 1.61. The number of nitrogen functional groups attached to an aromatic ring is 1. The van der Waals surface area contributed by atoms with Crippen molar-refractivity contribution in [2.24, 2.45) is 0 Å². The molecule has 0 atom stereocenters. The van der Waals surface area contributed by atoms with Crippen molar-refractivity contribution in [1.29, 1.82) is 0 Å². The first-order valence-electron chi connectivity index (χ1n) is 8.34. The SMILES string of the molecule is COc1ccc(-c2noc(-c3nnn(-c4cc(C)ccc4C)c3N)n2)cc1. The second-order valence-corrected chi connectivity index (χ2v) is 6.18. The number of nitrogens with zero attached hydrogens (tertiary/aromatic N) is 5. The Hall–Kier alpha value is -3.68. The zero-order chi connectivity index (χ0) is 19.0. The number of ether oxygens (including phenoxy) is 1. The summed E-state index contributed by atoms with van der Waals surface area (Å²) in [6.07, 6.45) is 0. The fourth-order valence-electron chi connectivity index (χ4n) is 2.74. The fourth-order valence-corrected chi connectivity index (χ4v) is 2.74. The zero-order valence-electron chi connectivity index (χ0n) is 15.2. The molecular weight excluding hydrogens is 344 g/mol. The molecule has 0 amide bonds. The maximum Gasteiger partial charge on any atom is 0.282 e. The molecule has 0 radical (unpaired) electrons. The van der Waals surface area contributed by atoms with Crippen LogP contribution in [0.15, 0.2) is 47.0 Å². The second-order valence-electron chi connectivity index (χ2n) is 6.18. The van der Waals surface area contributed by atoms with Crippen LogP contribution in [0.2, 0.25) is 0 Å². The van der Waals surface area contributed by atoms with Gasteiger partial charge in [-0.15, -0.1) is 5.10 Å². The number of benzene rings is 2. The molecular formula is C19H18N6O2. The molecule has 0 aliphatic carbocycles. The van der Waals surface area contributed by atoms with Crippen molar-refractivity contribution in [1.82, 2.24) is 25.1 Å². The van der Waals surface area contributed by atoms with Crippen molar-refractivity contribution in [2.75, 3.05) is 12.8 Å². The van der Waals surface area contributed by atoms with E-state index in [0.717, 1.165) is 28.1 Å². The smallest absolute Gasteiger partial charge is 0.282 e. The summed E-state index contributed by atoms with van der Waals surface area (Å²) >= 11 is 0. The molecule has 4 rings (SSSR count). The maximum atomic E-state index is 6.27. The molecule has 136 valence electrons. The highest BCUT2D eigenvalue weighted by molar-refractivity contribution is 5.67. The minimum absolute atomic E-state index is 0.217. The molecule has 0 saturated heterocycles. The predicted molar refractivity (Wildman–Crippen MR) is 101 cm³/mol. The van der Waals surface area contributed by atoms with Crippen molar-refractivity contribution >= 4 is 5.82 Å². The third-order valence-electron chi connectivity index (χ3n) is 4.27. The van der Waals surface area contributed by atoms with E-state index in [9.17, 15) is 0 Å². The van der Waals surface area contributed by atoms with Gasteiger partial charge in [0, 0.05) is 5.56 Å². The fraction of sp³-hybridized carbons (Fsp3) is 0.158. The number of aromatic nitrogens is 5. The molecule has 27 heavy (non-hydrogen) atoms. The van der Waals surface area contributed by atoms with E-state index in [-0.39, 0.29) is 5.89 Å². The van der Waals surface area contributed by atoms with Crippen LogP contribution >= 0.6 is 0 Å². The first-order valence-corrected chi connectivity index (χ1v) is 8.34. The molecule has 2 aromatic heterocycles. The second kappa shape index (κ2) is 6.56. The lowest BCUT2D eigenvalue weighted by atomic mass is 10.1. The lowest BCUT2D eigenvalue weighted by Gasteiger charge is -2.07. The van der Waals surface area contributed by atoms with Gasteiger partial charge < -0.3 is 15.0 Å². The van der Waals surface area contributed by atoms with Crippen LogP contribution in [-0.4, -0.2) is 32.2 Å². The van der Waals surface area contributed by atoms with Crippen molar-refractivity contribution < 1.29 is 9.26 Å². The molecule has 0 spiro atoms. The van der Waals surface area contributed by atoms with E-state index in [2.05, 4.69) is 20.5 Å². The van der Waals surface area contributed by atoms with Crippen LogP contribution in [0.25, 0.3) is 28.7 Å². The summed E-state index contributed by atoms with van der Waals surface area (Å²) < 4.78 is 12.1. The normalized spacial score (nSPS) is 10.9. The number of aryl methyl sites for hydroxylation is 2. The predicted octanol–water partition coefficient (Wildman–Crippen LogP) is 3.19. The molecule has 0 bridgehead atoms. The van der Waals surface area contributed by atoms with Crippen molar-refractivity contribution in [3.05, 3.63) is 53.6 Å². The van der Waals surface area contributed by atoms with E-state index < -0.39 is 0 Å². The van der Waals surface area contributed by atoms with Crippen molar-refractivity contribution in [3.8, 4) is 34.4 Å². The zero-order valence-corrected chi connectivity index (χ0v) is 15.2. The van der Waals surface area contributed by atoms with Gasteiger partial charge in [0.2, 0.25) is 5.82 Å². The summed E-state index contributed by atoms with van der Waals surface area (Å²) in [4.78, 5) is 4.40. The number of nitrogens with two attached hydrogens (primary N) is 1. The first kappa shape index (κ1) is 16.8. The summed E-state index contributed by atoms with van der Waals surface area (Å²) in [5.41, 5.74) is 10.4. The summed E-state index contributed by atoms with van der Waals surface area (Å²) in [6, 6.07) is 13.4. The van der Waals surface area contributed by atoms with Gasteiger partial charge in [-0.3, -0.25) is 0 Å². The van der Waals surface area contributed by atoms with Gasteiger partial charge in [-0.2, -0.15) is 9.67 Å². The van der Waals surface area contributed by atoms with E-state index in [4.69, 9.17) is 15.0 Å². The van der Waals surface area contributed by atoms with Crippen LogP contribution in [0, 0.1) is 13.8 Å². The van der Waals surface area contributed by atoms with E-state index >= 15 is 0 Å². The van der Waals surface area contributed by atoms with Crippen LogP contribution in [0.1, 0.15) is 11.1 Å². The van der Waals surface area contributed by atoms with Gasteiger partial charge >= 0.3 is 0 Å². The quantitative estimate of drug-likeness (QED) is 0.594. The van der Waals surface area contributed by atoms with E-state index in [1.165, 1.54) is 0 Å². The molecule has 0 fully saturated rings. The number of anilines is 1. The van der Waals surface area contributed by atoms with Gasteiger partial charge in [0.25, 0.3) is 5.89 Å². The molecule has 0 unspecified atom stereocenters. The molecule has 0 saturated carbocycles. The first-order chi connectivity index (χ1) is 13.1. The Kier molecular flexibility index (Phi) is 4.08. The largest absolute Gasteiger partial charge is 0.497 e. The number of hydrogen-bond acceptors (Lipinski definition) is 7. The van der Waals surface area contributed by atoms with Gasteiger partial charge in [0.15, 0.2) is 11.5 Å². The van der Waals surface area contributed by atoms with Crippen LogP contribution in [0.4, 0.5) is 5.82 Å². The number of methoxy groups -OCH3 is 1. The van der Waals surface area contributed by atoms with Crippen LogP contribution in [0.3, 0.4) is 0 Å². The molecule has 0 aliphatic heterocycles. The van der Waals surface area contributed by atoms with Gasteiger partial charge in [0.05, 0.1) is 12.8 Å². The van der Waals surface area contributed by atoms with Gasteiger partial charge in [-0.05, 0) is 55.3 Å². The highest BCUT2D eigenvalue weighted by Gasteiger charge is 2.20. The minimum Gasteiger partial charge on any atom is -0.497 e. The average Bonchev–Trinajstić information content (AvgIpc) is 3.30. The Morgan fingerprint density at radius 1 is 1.07 bits per heavy atom. The molecule has 8 heteroatoms. The monoisotopic (exact) mass is 362 g/mol. The maximum absolute atomic E-state index is 6.27. The summed E-state index contributed by atoms with van der Waals surface area (Å²) in [5.74, 6) is 1.75. The average molecular weight is 362 g/mol. The van der Waals surface area contributed by atoms with E-state index in [1.807, 2.05) is 56.3 Å². The van der Waals surface area contributed by atoms with Crippen LogP contribution < -0.4 is 10.5 Å². The Balaban J connectivity index is 1.70. The van der Waals surface area contributed by atoms with Gasteiger partial charge in [-0.25, -0.2) is 0 Å². The Morgan fingerprint density at radius 3 is 2.59 bits per heavy atom. The standard InChI is InChI=1S/C19H18N6O2/c1-11-4-5-12(2)15(10-11)25-17(20)16(22-24-25)19-21-18(23-27-19)13-6-8-14(26-3)9-7-13/h4-10H,20H2,1-3H3. The highest BCUT2D eigenvalue weighted by atomic mass is 16.5. The van der Waals surface area contributed by atoms with Gasteiger partial charge in [-0.1, -0.05) is 22.5 Å². The van der Waals surface area contributed by atoms with Gasteiger partial charge in [0.1, 0.15) is 5.75 Å². The molecule has 2 aromatic carbocycles. The third-order valence-corrected chi connectivity index (χ3v) is 4.27. The third kappa shape index (κ3) is 3.01. The number of hydrogen-bond donors (Lipinski definition) is 1.